The van der Waals surface area contributed by atoms with E-state index < -0.39 is 17.6 Å². The van der Waals surface area contributed by atoms with E-state index in [2.05, 4.69) is 49.3 Å². The number of benzene rings is 1. The number of nitrogens with zero attached hydrogens (tertiary/aromatic N) is 6. The fraction of sp³-hybridized carbons (Fsp3) is 0.343. The number of carbonyl (C=O) groups excluding carboxylic acids is 2. The highest BCUT2D eigenvalue weighted by Gasteiger charge is 2.34. The first-order valence-corrected chi connectivity index (χ1v) is 16.0. The number of hydrogen-bond acceptors (Lipinski definition) is 8. The second kappa shape index (κ2) is 14.1. The third kappa shape index (κ3) is 7.74. The molecule has 3 aromatic heterocycles. The van der Waals surface area contributed by atoms with E-state index in [1.165, 1.54) is 24.5 Å². The van der Waals surface area contributed by atoms with Crippen LogP contribution in [0.2, 0.25) is 0 Å². The molecule has 4 aromatic rings. The van der Waals surface area contributed by atoms with Crippen molar-refractivity contribution in [1.82, 2.24) is 34.6 Å². The number of rotatable bonds is 7. The molecule has 2 amide bonds. The Morgan fingerprint density at radius 2 is 1.84 bits per heavy atom. The normalized spacial score (nSPS) is 15.2. The van der Waals surface area contributed by atoms with Crippen molar-refractivity contribution in [3.05, 3.63) is 88.0 Å². The lowest BCUT2D eigenvalue weighted by Crippen LogP contribution is -2.45. The lowest BCUT2D eigenvalue weighted by Gasteiger charge is -2.34. The average Bonchev–Trinajstić information content (AvgIpc) is 3.42. The molecule has 4 N–H and O–H groups in total. The molecule has 2 aliphatic heterocycles. The lowest BCUT2D eigenvalue weighted by molar-refractivity contribution is -0.138. The third-order valence-corrected chi connectivity index (χ3v) is 8.82. The number of nitrogens with one attached hydrogen (secondary N) is 2. The molecule has 254 valence electrons. The van der Waals surface area contributed by atoms with Gasteiger partial charge in [-0.3, -0.25) is 14.5 Å². The van der Waals surface area contributed by atoms with Crippen molar-refractivity contribution in [1.29, 1.82) is 0 Å². The van der Waals surface area contributed by atoms with Gasteiger partial charge in [-0.15, -0.1) is 0 Å². The predicted octanol–water partition coefficient (Wildman–Crippen LogP) is 3.48. The molecule has 0 aliphatic carbocycles. The molecule has 1 aromatic carbocycles. The molecule has 0 bridgehead atoms. The van der Waals surface area contributed by atoms with E-state index in [0.29, 0.717) is 59.8 Å². The van der Waals surface area contributed by atoms with Gasteiger partial charge in [0.05, 0.1) is 28.8 Å². The molecule has 2 aliphatic rings. The summed E-state index contributed by atoms with van der Waals surface area (Å²) in [5.74, 6) is 5.43. The number of hydrogen-bond donors (Lipinski definition) is 3. The average molecular weight is 672 g/mol. The zero-order valence-corrected chi connectivity index (χ0v) is 27.2. The highest BCUT2D eigenvalue weighted by atomic mass is 19.4. The van der Waals surface area contributed by atoms with E-state index in [-0.39, 0.29) is 36.1 Å². The molecule has 14 heteroatoms. The van der Waals surface area contributed by atoms with Gasteiger partial charge in [-0.2, -0.15) is 13.2 Å². The second-order valence-corrected chi connectivity index (χ2v) is 12.0. The van der Waals surface area contributed by atoms with Gasteiger partial charge < -0.3 is 25.8 Å². The molecule has 6 rings (SSSR count). The number of aromatic nitrogens is 4. The number of pyridine rings is 1. The molecule has 11 nitrogen and oxygen atoms in total. The SMILES string of the molecule is CCN1CCN(Cc2ccc(NC(=O)Cc3ccnc(C#Cc4cnc(N)nc4-c4cc5c(n4C)CCNC5=O)c3)cc2C(F)(F)F)CC1. The standard InChI is InChI=1S/C35H36F3N9O2/c1-3-46-12-14-47(15-13-46)21-24-5-7-26(18-28(24)35(36,37)38)43-31(48)17-22-8-10-40-25(16-22)6-4-23-20-42-34(39)44-32(23)30-19-27-29(45(30)2)9-11-41-33(27)49/h5,7-8,10,16,18-20H,3,9,11-15,17,21H2,1-2H3,(H,41,49)(H,43,48)(H2,39,42,44). The Labute approximate surface area is 281 Å². The number of amides is 2. The Kier molecular flexibility index (Phi) is 9.66. The maximum atomic E-state index is 14.1. The van der Waals surface area contributed by atoms with Crippen molar-refractivity contribution in [3.63, 3.8) is 0 Å². The molecular weight excluding hydrogens is 635 g/mol. The molecule has 0 spiro atoms. The minimum Gasteiger partial charge on any atom is -0.368 e. The topological polar surface area (TPSA) is 134 Å². The number of anilines is 2. The van der Waals surface area contributed by atoms with Crippen LogP contribution in [0.3, 0.4) is 0 Å². The van der Waals surface area contributed by atoms with Gasteiger partial charge in [-0.05, 0) is 53.9 Å². The van der Waals surface area contributed by atoms with Crippen LogP contribution in [0, 0.1) is 11.8 Å². The highest BCUT2D eigenvalue weighted by Crippen LogP contribution is 2.35. The van der Waals surface area contributed by atoms with Gasteiger partial charge in [0.25, 0.3) is 5.91 Å². The molecule has 49 heavy (non-hydrogen) atoms. The van der Waals surface area contributed by atoms with Crippen LogP contribution in [-0.2, 0) is 37.4 Å². The van der Waals surface area contributed by atoms with Crippen LogP contribution in [0.25, 0.3) is 11.4 Å². The van der Waals surface area contributed by atoms with Crippen LogP contribution in [0.15, 0.2) is 48.8 Å². The van der Waals surface area contributed by atoms with Crippen molar-refractivity contribution in [2.45, 2.75) is 32.5 Å². The number of likely N-dealkylation sites (N-methyl/N-ethyl adjacent to an activating group) is 1. The Morgan fingerprint density at radius 3 is 2.57 bits per heavy atom. The minimum absolute atomic E-state index is 0.0535. The van der Waals surface area contributed by atoms with Gasteiger partial charge in [-0.25, -0.2) is 15.0 Å². The van der Waals surface area contributed by atoms with E-state index in [9.17, 15) is 22.8 Å². The smallest absolute Gasteiger partial charge is 0.368 e. The number of nitrogen functional groups attached to an aromatic ring is 1. The summed E-state index contributed by atoms with van der Waals surface area (Å²) in [4.78, 5) is 42.4. The van der Waals surface area contributed by atoms with Gasteiger partial charge in [0.15, 0.2) is 0 Å². The fourth-order valence-corrected chi connectivity index (χ4v) is 6.18. The van der Waals surface area contributed by atoms with Gasteiger partial charge in [-0.1, -0.05) is 18.9 Å². The van der Waals surface area contributed by atoms with E-state index in [0.717, 1.165) is 31.4 Å². The molecule has 5 heterocycles. The Morgan fingerprint density at radius 1 is 1.06 bits per heavy atom. The van der Waals surface area contributed by atoms with Gasteiger partial charge in [0, 0.05) is 76.5 Å². The van der Waals surface area contributed by atoms with Crippen LogP contribution < -0.4 is 16.4 Å². The van der Waals surface area contributed by atoms with Crippen LogP contribution >= 0.6 is 0 Å². The summed E-state index contributed by atoms with van der Waals surface area (Å²) in [5.41, 5.74) is 9.38. The van der Waals surface area contributed by atoms with E-state index in [1.807, 2.05) is 16.5 Å². The van der Waals surface area contributed by atoms with Crippen LogP contribution in [-0.4, -0.2) is 80.4 Å². The first kappa shape index (κ1) is 33.6. The number of alkyl halides is 3. The van der Waals surface area contributed by atoms with Crippen molar-refractivity contribution < 1.29 is 22.8 Å². The molecule has 1 fully saturated rings. The highest BCUT2D eigenvalue weighted by molar-refractivity contribution is 5.98. The third-order valence-electron chi connectivity index (χ3n) is 8.82. The number of carbonyl (C=O) groups is 2. The van der Waals surface area contributed by atoms with Crippen LogP contribution in [0.5, 0.6) is 0 Å². The summed E-state index contributed by atoms with van der Waals surface area (Å²) in [6, 6.07) is 8.99. The molecule has 0 radical (unpaired) electrons. The van der Waals surface area contributed by atoms with E-state index in [1.54, 1.807) is 18.2 Å². The summed E-state index contributed by atoms with van der Waals surface area (Å²) in [6.07, 6.45) is -0.983. The zero-order valence-electron chi connectivity index (χ0n) is 27.2. The maximum Gasteiger partial charge on any atom is 0.416 e. The first-order chi connectivity index (χ1) is 23.5. The summed E-state index contributed by atoms with van der Waals surface area (Å²) in [5, 5.41) is 5.45. The number of halogens is 3. The summed E-state index contributed by atoms with van der Waals surface area (Å²) in [7, 11) is 1.85. The van der Waals surface area contributed by atoms with E-state index in [4.69, 9.17) is 5.73 Å². The van der Waals surface area contributed by atoms with Crippen molar-refractivity contribution >= 4 is 23.5 Å². The molecular formula is C35H36F3N9O2. The van der Waals surface area contributed by atoms with Gasteiger partial charge in [0.2, 0.25) is 11.9 Å². The predicted molar refractivity (Wildman–Crippen MR) is 178 cm³/mol. The van der Waals surface area contributed by atoms with Crippen molar-refractivity contribution in [2.75, 3.05) is 50.3 Å². The fourth-order valence-electron chi connectivity index (χ4n) is 6.18. The molecule has 0 saturated carbocycles. The van der Waals surface area contributed by atoms with Crippen LogP contribution in [0.4, 0.5) is 24.8 Å². The second-order valence-electron chi connectivity index (χ2n) is 12.0. The summed E-state index contributed by atoms with van der Waals surface area (Å²) < 4.78 is 44.1. The number of piperazine rings is 1. The van der Waals surface area contributed by atoms with Gasteiger partial charge in [0.1, 0.15) is 11.4 Å². The molecule has 0 atom stereocenters. The zero-order chi connectivity index (χ0) is 34.7. The summed E-state index contributed by atoms with van der Waals surface area (Å²) >= 11 is 0. The number of nitrogens with two attached hydrogens (primary N) is 1. The monoisotopic (exact) mass is 671 g/mol. The van der Waals surface area contributed by atoms with Crippen LogP contribution in [0.1, 0.15) is 50.9 Å². The van der Waals surface area contributed by atoms with Crippen molar-refractivity contribution in [3.8, 4) is 23.2 Å². The molecule has 0 unspecified atom stereocenters. The first-order valence-electron chi connectivity index (χ1n) is 16.0. The number of fused-ring (bicyclic) bond motifs is 1. The van der Waals surface area contributed by atoms with Crippen molar-refractivity contribution in [2.24, 2.45) is 7.05 Å². The molecule has 1 saturated heterocycles. The Bertz CT molecular complexity index is 1950. The largest absolute Gasteiger partial charge is 0.416 e. The lowest BCUT2D eigenvalue weighted by atomic mass is 10.0. The van der Waals surface area contributed by atoms with Gasteiger partial charge >= 0.3 is 6.18 Å². The minimum atomic E-state index is -4.57. The quantitative estimate of drug-likeness (QED) is 0.255. The summed E-state index contributed by atoms with van der Waals surface area (Å²) in [6.45, 7) is 6.76. The maximum absolute atomic E-state index is 14.1. The Hall–Kier alpha value is -5.26. The Balaban J connectivity index is 1.16. The van der Waals surface area contributed by atoms with E-state index >= 15 is 0 Å².